The maximum atomic E-state index is 9.56. The van der Waals surface area contributed by atoms with Crippen LogP contribution in [0.5, 0.6) is 11.5 Å². The van der Waals surface area contributed by atoms with E-state index in [1.54, 1.807) is 0 Å². The molecule has 0 atom stereocenters. The first kappa shape index (κ1) is 11.8. The Hall–Kier alpha value is -1.22. The number of fused-ring (bicyclic) bond motifs is 1. The molecule has 0 spiro atoms. The molecule has 0 aromatic heterocycles. The summed E-state index contributed by atoms with van der Waals surface area (Å²) in [7, 11) is 0. The molecule has 0 amide bonds. The van der Waals surface area contributed by atoms with Crippen molar-refractivity contribution >= 4 is 0 Å². The van der Waals surface area contributed by atoms with Crippen LogP contribution in [0.15, 0.2) is 18.2 Å². The van der Waals surface area contributed by atoms with Crippen LogP contribution in [0.1, 0.15) is 43.6 Å². The molecule has 3 rings (SSSR count). The molecule has 3 nitrogen and oxygen atoms in total. The van der Waals surface area contributed by atoms with Gasteiger partial charge in [0.05, 0.1) is 19.3 Å². The summed E-state index contributed by atoms with van der Waals surface area (Å²) in [6, 6.07) is 6.31. The summed E-state index contributed by atoms with van der Waals surface area (Å²) in [6.45, 7) is 1.47. The van der Waals surface area contributed by atoms with E-state index in [1.807, 2.05) is 6.07 Å². The van der Waals surface area contributed by atoms with Gasteiger partial charge in [-0.15, -0.1) is 0 Å². The number of aliphatic hydroxyl groups excluding tert-OH is 1. The van der Waals surface area contributed by atoms with Gasteiger partial charge in [-0.3, -0.25) is 0 Å². The van der Waals surface area contributed by atoms with Crippen LogP contribution in [-0.4, -0.2) is 24.4 Å². The van der Waals surface area contributed by atoms with Gasteiger partial charge in [0.2, 0.25) is 0 Å². The Morgan fingerprint density at radius 2 is 1.67 bits per heavy atom. The van der Waals surface area contributed by atoms with Crippen LogP contribution in [0.2, 0.25) is 0 Å². The fourth-order valence-corrected chi connectivity index (χ4v) is 2.84. The smallest absolute Gasteiger partial charge is 0.161 e. The van der Waals surface area contributed by atoms with Crippen LogP contribution in [0.4, 0.5) is 0 Å². The van der Waals surface area contributed by atoms with E-state index in [0.29, 0.717) is 5.92 Å². The van der Waals surface area contributed by atoms with Gasteiger partial charge in [-0.1, -0.05) is 6.07 Å². The Labute approximate surface area is 108 Å². The molecular weight excluding hydrogens is 228 g/mol. The molecule has 1 aromatic rings. The van der Waals surface area contributed by atoms with Crippen molar-refractivity contribution in [2.45, 2.75) is 44.1 Å². The number of benzene rings is 1. The number of aliphatic hydroxyl groups is 1. The average molecular weight is 248 g/mol. The molecule has 1 aromatic carbocycles. The van der Waals surface area contributed by atoms with Crippen molar-refractivity contribution in [3.63, 3.8) is 0 Å². The Morgan fingerprint density at radius 1 is 0.944 bits per heavy atom. The van der Waals surface area contributed by atoms with E-state index < -0.39 is 0 Å². The third kappa shape index (κ3) is 2.46. The molecule has 1 saturated carbocycles. The van der Waals surface area contributed by atoms with Gasteiger partial charge in [-0.2, -0.15) is 0 Å². The van der Waals surface area contributed by atoms with Gasteiger partial charge in [0.15, 0.2) is 11.5 Å². The number of hydrogen-bond acceptors (Lipinski definition) is 3. The minimum absolute atomic E-state index is 0.0957. The SMILES string of the molecule is OC1CCC(c2ccc3c(c2)OCCCO3)CC1. The number of rotatable bonds is 1. The Kier molecular flexibility index (Phi) is 3.41. The molecule has 1 fully saturated rings. The van der Waals surface area contributed by atoms with Crippen molar-refractivity contribution in [2.24, 2.45) is 0 Å². The van der Waals surface area contributed by atoms with E-state index in [-0.39, 0.29) is 6.10 Å². The summed E-state index contributed by atoms with van der Waals surface area (Å²) in [5.41, 5.74) is 1.33. The second-order valence-electron chi connectivity index (χ2n) is 5.26. The largest absolute Gasteiger partial charge is 0.490 e. The molecule has 0 unspecified atom stereocenters. The van der Waals surface area contributed by atoms with Gasteiger partial charge < -0.3 is 14.6 Å². The Bertz CT molecular complexity index is 408. The molecule has 1 heterocycles. The minimum atomic E-state index is -0.0957. The number of ether oxygens (including phenoxy) is 2. The minimum Gasteiger partial charge on any atom is -0.490 e. The zero-order valence-electron chi connectivity index (χ0n) is 10.6. The van der Waals surface area contributed by atoms with Crippen molar-refractivity contribution in [1.82, 2.24) is 0 Å². The third-order valence-electron chi connectivity index (χ3n) is 3.94. The monoisotopic (exact) mass is 248 g/mol. The van der Waals surface area contributed by atoms with E-state index >= 15 is 0 Å². The lowest BCUT2D eigenvalue weighted by molar-refractivity contribution is 0.122. The van der Waals surface area contributed by atoms with Crippen LogP contribution < -0.4 is 9.47 Å². The normalized spacial score (nSPS) is 27.6. The predicted molar refractivity (Wildman–Crippen MR) is 69.3 cm³/mol. The van der Waals surface area contributed by atoms with Gasteiger partial charge >= 0.3 is 0 Å². The standard InChI is InChI=1S/C15H20O3/c16-13-5-2-11(3-6-13)12-4-7-14-15(10-12)18-9-1-8-17-14/h4,7,10-11,13,16H,1-3,5-6,8-9H2. The summed E-state index contributed by atoms with van der Waals surface area (Å²) in [6.07, 6.45) is 4.82. The van der Waals surface area contributed by atoms with E-state index in [0.717, 1.165) is 56.8 Å². The van der Waals surface area contributed by atoms with E-state index in [4.69, 9.17) is 9.47 Å². The fourth-order valence-electron chi connectivity index (χ4n) is 2.84. The van der Waals surface area contributed by atoms with Gasteiger partial charge in [0.1, 0.15) is 0 Å². The third-order valence-corrected chi connectivity index (χ3v) is 3.94. The van der Waals surface area contributed by atoms with Crippen molar-refractivity contribution < 1.29 is 14.6 Å². The first-order chi connectivity index (χ1) is 8.83. The van der Waals surface area contributed by atoms with E-state index in [2.05, 4.69) is 12.1 Å². The lowest BCUT2D eigenvalue weighted by atomic mass is 9.83. The molecule has 0 bridgehead atoms. The molecule has 18 heavy (non-hydrogen) atoms. The van der Waals surface area contributed by atoms with Gasteiger partial charge in [0, 0.05) is 6.42 Å². The molecule has 2 aliphatic rings. The highest BCUT2D eigenvalue weighted by atomic mass is 16.5. The first-order valence-corrected chi connectivity index (χ1v) is 6.90. The van der Waals surface area contributed by atoms with Crippen LogP contribution in [-0.2, 0) is 0 Å². The molecule has 1 aliphatic heterocycles. The highest BCUT2D eigenvalue weighted by Crippen LogP contribution is 2.38. The summed E-state index contributed by atoms with van der Waals surface area (Å²) in [5, 5.41) is 9.56. The quantitative estimate of drug-likeness (QED) is 0.830. The van der Waals surface area contributed by atoms with Gasteiger partial charge in [-0.05, 0) is 49.3 Å². The van der Waals surface area contributed by atoms with Crippen molar-refractivity contribution in [3.05, 3.63) is 23.8 Å². The van der Waals surface area contributed by atoms with Gasteiger partial charge in [-0.25, -0.2) is 0 Å². The zero-order chi connectivity index (χ0) is 12.4. The number of hydrogen-bond donors (Lipinski definition) is 1. The second kappa shape index (κ2) is 5.19. The Morgan fingerprint density at radius 3 is 2.44 bits per heavy atom. The summed E-state index contributed by atoms with van der Waals surface area (Å²) in [5.74, 6) is 2.31. The van der Waals surface area contributed by atoms with Crippen LogP contribution in [0.25, 0.3) is 0 Å². The van der Waals surface area contributed by atoms with Crippen molar-refractivity contribution in [2.75, 3.05) is 13.2 Å². The van der Waals surface area contributed by atoms with Gasteiger partial charge in [0.25, 0.3) is 0 Å². The van der Waals surface area contributed by atoms with Crippen molar-refractivity contribution in [1.29, 1.82) is 0 Å². The Balaban J connectivity index is 1.79. The molecular formula is C15H20O3. The highest BCUT2D eigenvalue weighted by Gasteiger charge is 2.22. The van der Waals surface area contributed by atoms with Crippen molar-refractivity contribution in [3.8, 4) is 11.5 Å². The zero-order valence-corrected chi connectivity index (χ0v) is 10.6. The summed E-state index contributed by atoms with van der Waals surface area (Å²) in [4.78, 5) is 0. The molecule has 1 aliphatic carbocycles. The van der Waals surface area contributed by atoms with Crippen LogP contribution in [0, 0.1) is 0 Å². The first-order valence-electron chi connectivity index (χ1n) is 6.90. The van der Waals surface area contributed by atoms with E-state index in [9.17, 15) is 5.11 Å². The molecule has 3 heteroatoms. The average Bonchev–Trinajstić information content (AvgIpc) is 2.64. The highest BCUT2D eigenvalue weighted by molar-refractivity contribution is 5.44. The van der Waals surface area contributed by atoms with Crippen LogP contribution in [0.3, 0.4) is 0 Å². The molecule has 1 N–H and O–H groups in total. The van der Waals surface area contributed by atoms with Crippen LogP contribution >= 0.6 is 0 Å². The van der Waals surface area contributed by atoms with E-state index in [1.165, 1.54) is 5.56 Å². The summed E-state index contributed by atoms with van der Waals surface area (Å²) < 4.78 is 11.4. The fraction of sp³-hybridized carbons (Fsp3) is 0.600. The predicted octanol–water partition coefficient (Wildman–Crippen LogP) is 2.87. The lowest BCUT2D eigenvalue weighted by Crippen LogP contribution is -2.16. The maximum absolute atomic E-state index is 9.56. The summed E-state index contributed by atoms with van der Waals surface area (Å²) >= 11 is 0. The molecule has 0 saturated heterocycles. The lowest BCUT2D eigenvalue weighted by Gasteiger charge is -2.26. The topological polar surface area (TPSA) is 38.7 Å². The maximum Gasteiger partial charge on any atom is 0.161 e. The molecule has 0 radical (unpaired) electrons. The molecule has 98 valence electrons. The second-order valence-corrected chi connectivity index (χ2v) is 5.26.